The molecule has 0 saturated carbocycles. The van der Waals surface area contributed by atoms with Crippen LogP contribution in [0.3, 0.4) is 0 Å². The smallest absolute Gasteiger partial charge is 0.156 e. The largest absolute Gasteiger partial charge is 0.395 e. The molecule has 1 N–H and O–H groups in total. The number of carbonyl (C=O) groups excluding carboxylic acids is 1. The number of aldehydes is 1. The topological polar surface area (TPSA) is 66.3 Å². The molecule has 0 radical (unpaired) electrons. The highest BCUT2D eigenvalue weighted by Crippen LogP contribution is 2.22. The molecule has 0 fully saturated rings. The molecule has 0 atom stereocenters. The normalized spacial score (nSPS) is 10.6. The van der Waals surface area contributed by atoms with Gasteiger partial charge in [0.15, 0.2) is 6.29 Å². The highest BCUT2D eigenvalue weighted by molar-refractivity contribution is 6.32. The van der Waals surface area contributed by atoms with Crippen molar-refractivity contribution in [2.24, 2.45) is 0 Å². The number of carbonyl (C=O) groups is 1. The van der Waals surface area contributed by atoms with Crippen LogP contribution < -0.4 is 4.90 Å². The maximum absolute atomic E-state index is 10.9. The third-order valence-electron chi connectivity index (χ3n) is 2.17. The molecule has 0 spiro atoms. The molecule has 1 rings (SSSR count). The van der Waals surface area contributed by atoms with Crippen molar-refractivity contribution in [3.05, 3.63) is 17.0 Å². The van der Waals surface area contributed by atoms with Crippen molar-refractivity contribution in [3.8, 4) is 0 Å². The molecular formula is C10H14ClN3O2. The van der Waals surface area contributed by atoms with Crippen molar-refractivity contribution >= 4 is 23.7 Å². The number of nitrogens with zero attached hydrogens (tertiary/aromatic N) is 3. The summed E-state index contributed by atoms with van der Waals surface area (Å²) in [6.07, 6.45) is 1.93. The molecule has 0 aromatic carbocycles. The van der Waals surface area contributed by atoms with E-state index in [1.54, 1.807) is 4.90 Å². The lowest BCUT2D eigenvalue weighted by Crippen LogP contribution is -2.35. The molecule has 0 aliphatic carbocycles. The zero-order valence-electron chi connectivity index (χ0n) is 9.22. The van der Waals surface area contributed by atoms with Gasteiger partial charge in [-0.05, 0) is 13.8 Å². The molecule has 0 amide bonds. The third kappa shape index (κ3) is 2.68. The zero-order chi connectivity index (χ0) is 12.1. The van der Waals surface area contributed by atoms with E-state index in [0.717, 1.165) is 0 Å². The lowest BCUT2D eigenvalue weighted by molar-refractivity contribution is 0.112. The molecule has 0 saturated heterocycles. The Morgan fingerprint density at radius 2 is 2.25 bits per heavy atom. The van der Waals surface area contributed by atoms with Gasteiger partial charge < -0.3 is 10.0 Å². The van der Waals surface area contributed by atoms with Crippen LogP contribution >= 0.6 is 11.6 Å². The average Bonchev–Trinajstić information content (AvgIpc) is 2.25. The van der Waals surface area contributed by atoms with Crippen LogP contribution in [0.15, 0.2) is 6.33 Å². The number of anilines is 1. The van der Waals surface area contributed by atoms with E-state index in [4.69, 9.17) is 16.7 Å². The van der Waals surface area contributed by atoms with Crippen molar-refractivity contribution in [1.29, 1.82) is 0 Å². The SMILES string of the molecule is CC(C)N(CCO)c1ncnc(Cl)c1C=O. The molecule has 16 heavy (non-hydrogen) atoms. The molecule has 1 aromatic heterocycles. The molecule has 0 aliphatic rings. The highest BCUT2D eigenvalue weighted by atomic mass is 35.5. The van der Waals surface area contributed by atoms with Gasteiger partial charge in [0.1, 0.15) is 17.3 Å². The van der Waals surface area contributed by atoms with Crippen LogP contribution in [0.25, 0.3) is 0 Å². The van der Waals surface area contributed by atoms with E-state index >= 15 is 0 Å². The molecule has 6 heteroatoms. The van der Waals surface area contributed by atoms with E-state index in [1.165, 1.54) is 6.33 Å². The Morgan fingerprint density at radius 3 is 2.75 bits per heavy atom. The molecular weight excluding hydrogens is 230 g/mol. The Balaban J connectivity index is 3.17. The van der Waals surface area contributed by atoms with Crippen LogP contribution in [0.5, 0.6) is 0 Å². The number of aliphatic hydroxyl groups excluding tert-OH is 1. The van der Waals surface area contributed by atoms with E-state index in [0.29, 0.717) is 18.6 Å². The fourth-order valence-corrected chi connectivity index (χ4v) is 1.58. The standard InChI is InChI=1S/C10H14ClN3O2/c1-7(2)14(3-4-15)10-8(5-16)9(11)12-6-13-10/h5-7,15H,3-4H2,1-2H3. The van der Waals surface area contributed by atoms with Gasteiger partial charge in [0.05, 0.1) is 12.2 Å². The van der Waals surface area contributed by atoms with Crippen LogP contribution in [0.4, 0.5) is 5.82 Å². The summed E-state index contributed by atoms with van der Waals surface area (Å²) in [5, 5.41) is 9.10. The molecule has 1 aromatic rings. The first-order chi connectivity index (χ1) is 7.61. The summed E-state index contributed by atoms with van der Waals surface area (Å²) in [5.41, 5.74) is 0.256. The van der Waals surface area contributed by atoms with Gasteiger partial charge in [-0.25, -0.2) is 9.97 Å². The van der Waals surface area contributed by atoms with Crippen molar-refractivity contribution in [2.45, 2.75) is 19.9 Å². The average molecular weight is 244 g/mol. The first-order valence-electron chi connectivity index (χ1n) is 4.95. The summed E-state index contributed by atoms with van der Waals surface area (Å²) in [6.45, 7) is 4.27. The number of hydrogen-bond donors (Lipinski definition) is 1. The molecule has 5 nitrogen and oxygen atoms in total. The number of hydrogen-bond acceptors (Lipinski definition) is 5. The van der Waals surface area contributed by atoms with E-state index in [-0.39, 0.29) is 23.4 Å². The maximum Gasteiger partial charge on any atom is 0.156 e. The summed E-state index contributed by atoms with van der Waals surface area (Å²) in [7, 11) is 0. The van der Waals surface area contributed by atoms with Crippen LogP contribution in [-0.4, -0.2) is 40.6 Å². The first kappa shape index (κ1) is 12.9. The number of rotatable bonds is 5. The van der Waals surface area contributed by atoms with E-state index < -0.39 is 0 Å². The molecule has 0 unspecified atom stereocenters. The molecule has 0 bridgehead atoms. The van der Waals surface area contributed by atoms with Gasteiger partial charge >= 0.3 is 0 Å². The van der Waals surface area contributed by atoms with Gasteiger partial charge in [0.25, 0.3) is 0 Å². The fourth-order valence-electron chi connectivity index (χ4n) is 1.41. The second-order valence-electron chi connectivity index (χ2n) is 3.53. The van der Waals surface area contributed by atoms with E-state index in [9.17, 15) is 4.79 Å². The maximum atomic E-state index is 10.9. The Morgan fingerprint density at radius 1 is 1.56 bits per heavy atom. The lowest BCUT2D eigenvalue weighted by Gasteiger charge is -2.27. The van der Waals surface area contributed by atoms with Crippen LogP contribution in [0.2, 0.25) is 5.15 Å². The van der Waals surface area contributed by atoms with Gasteiger partial charge in [0.2, 0.25) is 0 Å². The molecule has 1 heterocycles. The second kappa shape index (κ2) is 5.77. The summed E-state index contributed by atoms with van der Waals surface area (Å²) in [4.78, 5) is 20.5. The Hall–Kier alpha value is -1.20. The summed E-state index contributed by atoms with van der Waals surface area (Å²) in [6, 6.07) is 0.108. The lowest BCUT2D eigenvalue weighted by atomic mass is 10.2. The van der Waals surface area contributed by atoms with E-state index in [1.807, 2.05) is 13.8 Å². The van der Waals surface area contributed by atoms with Gasteiger partial charge in [-0.1, -0.05) is 11.6 Å². The van der Waals surface area contributed by atoms with Gasteiger partial charge in [-0.2, -0.15) is 0 Å². The predicted octanol–water partition coefficient (Wildman–Crippen LogP) is 1.15. The van der Waals surface area contributed by atoms with Crippen molar-refractivity contribution in [1.82, 2.24) is 9.97 Å². The van der Waals surface area contributed by atoms with Crippen molar-refractivity contribution in [3.63, 3.8) is 0 Å². The predicted molar refractivity (Wildman–Crippen MR) is 62.0 cm³/mol. The number of aliphatic hydroxyl groups is 1. The van der Waals surface area contributed by atoms with Crippen molar-refractivity contribution < 1.29 is 9.90 Å². The van der Waals surface area contributed by atoms with Crippen LogP contribution in [0.1, 0.15) is 24.2 Å². The minimum atomic E-state index is -0.0158. The minimum Gasteiger partial charge on any atom is -0.395 e. The van der Waals surface area contributed by atoms with E-state index in [2.05, 4.69) is 9.97 Å². The monoisotopic (exact) mass is 243 g/mol. The minimum absolute atomic E-state index is 0.0158. The summed E-state index contributed by atoms with van der Waals surface area (Å²) < 4.78 is 0. The molecule has 88 valence electrons. The Bertz CT molecular complexity index is 371. The van der Waals surface area contributed by atoms with Gasteiger partial charge in [-0.15, -0.1) is 0 Å². The van der Waals surface area contributed by atoms with Crippen LogP contribution in [-0.2, 0) is 0 Å². The highest BCUT2D eigenvalue weighted by Gasteiger charge is 2.17. The fraction of sp³-hybridized carbons (Fsp3) is 0.500. The van der Waals surface area contributed by atoms with Crippen molar-refractivity contribution in [2.75, 3.05) is 18.1 Å². The van der Waals surface area contributed by atoms with Gasteiger partial charge in [0, 0.05) is 12.6 Å². The Labute approximate surface area is 99.1 Å². The first-order valence-corrected chi connectivity index (χ1v) is 5.32. The summed E-state index contributed by atoms with van der Waals surface area (Å²) >= 11 is 5.81. The summed E-state index contributed by atoms with van der Waals surface area (Å²) in [5.74, 6) is 0.457. The Kier molecular flexibility index (Phi) is 4.64. The second-order valence-corrected chi connectivity index (χ2v) is 3.89. The number of halogens is 1. The van der Waals surface area contributed by atoms with Gasteiger partial charge in [-0.3, -0.25) is 4.79 Å². The third-order valence-corrected chi connectivity index (χ3v) is 2.47. The van der Waals surface area contributed by atoms with Crippen LogP contribution in [0, 0.1) is 0 Å². The number of aromatic nitrogens is 2. The molecule has 0 aliphatic heterocycles. The zero-order valence-corrected chi connectivity index (χ0v) is 9.98. The quantitative estimate of drug-likeness (QED) is 0.621.